The van der Waals surface area contributed by atoms with Crippen LogP contribution in [0.1, 0.15) is 43.5 Å². The molecule has 0 spiro atoms. The van der Waals surface area contributed by atoms with E-state index in [0.717, 1.165) is 21.2 Å². The summed E-state index contributed by atoms with van der Waals surface area (Å²) >= 11 is 4.93. The Morgan fingerprint density at radius 3 is 2.37 bits per heavy atom. The highest BCUT2D eigenvalue weighted by Gasteiger charge is 2.33. The van der Waals surface area contributed by atoms with Gasteiger partial charge in [0.05, 0.1) is 35.1 Å². The monoisotopic (exact) mass is 632 g/mol. The van der Waals surface area contributed by atoms with Crippen molar-refractivity contribution in [2.24, 2.45) is 4.99 Å². The Kier molecular flexibility index (Phi) is 8.85. The van der Waals surface area contributed by atoms with Crippen molar-refractivity contribution in [1.29, 1.82) is 0 Å². The number of halogens is 1. The molecule has 0 amide bonds. The zero-order chi connectivity index (χ0) is 28.9. The van der Waals surface area contributed by atoms with Crippen molar-refractivity contribution >= 4 is 39.3 Å². The number of esters is 1. The summed E-state index contributed by atoms with van der Waals surface area (Å²) in [5.41, 5.74) is 3.25. The van der Waals surface area contributed by atoms with Crippen LogP contribution >= 0.6 is 27.3 Å². The fraction of sp³-hybridized carbons (Fsp3) is 0.219. The van der Waals surface area contributed by atoms with Crippen LogP contribution in [0.25, 0.3) is 6.08 Å². The maximum Gasteiger partial charge on any atom is 0.338 e. The zero-order valence-corrected chi connectivity index (χ0v) is 25.3. The quantitative estimate of drug-likeness (QED) is 0.226. The number of ether oxygens (including phenoxy) is 3. The largest absolute Gasteiger partial charge is 0.490 e. The predicted molar refractivity (Wildman–Crippen MR) is 163 cm³/mol. The molecule has 0 bridgehead atoms. The fourth-order valence-corrected chi connectivity index (χ4v) is 6.14. The van der Waals surface area contributed by atoms with Gasteiger partial charge in [0.15, 0.2) is 16.3 Å². The molecule has 9 heteroatoms. The van der Waals surface area contributed by atoms with Gasteiger partial charge in [-0.15, -0.1) is 0 Å². The molecular weight excluding hydrogens is 604 g/mol. The molecule has 0 saturated heterocycles. The number of carbonyl (C=O) groups is 1. The van der Waals surface area contributed by atoms with E-state index in [1.54, 1.807) is 18.4 Å². The van der Waals surface area contributed by atoms with Crippen molar-refractivity contribution < 1.29 is 19.0 Å². The van der Waals surface area contributed by atoms with E-state index in [1.165, 1.54) is 11.3 Å². The first-order valence-corrected chi connectivity index (χ1v) is 14.9. The molecule has 1 aliphatic rings. The molecule has 4 aromatic rings. The van der Waals surface area contributed by atoms with E-state index in [2.05, 4.69) is 20.9 Å². The Hall–Kier alpha value is -3.95. The number of thiazole rings is 1. The summed E-state index contributed by atoms with van der Waals surface area (Å²) in [5.74, 6) is 0.695. The summed E-state index contributed by atoms with van der Waals surface area (Å²) < 4.78 is 20.2. The van der Waals surface area contributed by atoms with Crippen LogP contribution in [0.5, 0.6) is 11.5 Å². The number of hydrogen-bond donors (Lipinski definition) is 0. The molecule has 0 saturated carbocycles. The first-order chi connectivity index (χ1) is 19.9. The lowest BCUT2D eigenvalue weighted by molar-refractivity contribution is -0.139. The first-order valence-electron chi connectivity index (χ1n) is 13.3. The van der Waals surface area contributed by atoms with Crippen LogP contribution in [-0.4, -0.2) is 23.8 Å². The number of allylic oxidation sites excluding steroid dienone is 1. The van der Waals surface area contributed by atoms with E-state index in [4.69, 9.17) is 14.2 Å². The molecule has 7 nitrogen and oxygen atoms in total. The van der Waals surface area contributed by atoms with Gasteiger partial charge in [0.2, 0.25) is 0 Å². The number of aromatic nitrogens is 1. The van der Waals surface area contributed by atoms with Crippen molar-refractivity contribution in [3.05, 3.63) is 125 Å². The SMILES string of the molecule is CCOC(=O)C1=C(C)N=c2s/c(=C\c3cc(OCC)c(OCc4ccccc4)cc3Br)c(=O)n2[C@@H]1c1ccccc1. The average molecular weight is 634 g/mol. The van der Waals surface area contributed by atoms with Gasteiger partial charge in [-0.1, -0.05) is 87.9 Å². The molecule has 0 radical (unpaired) electrons. The van der Waals surface area contributed by atoms with Gasteiger partial charge in [-0.25, -0.2) is 9.79 Å². The average Bonchev–Trinajstić information content (AvgIpc) is 3.28. The number of fused-ring (bicyclic) bond motifs is 1. The summed E-state index contributed by atoms with van der Waals surface area (Å²) in [7, 11) is 0. The van der Waals surface area contributed by atoms with Gasteiger partial charge in [-0.3, -0.25) is 9.36 Å². The lowest BCUT2D eigenvalue weighted by Crippen LogP contribution is -2.39. The van der Waals surface area contributed by atoms with Crippen LogP contribution in [0.2, 0.25) is 0 Å². The number of carbonyl (C=O) groups excluding carboxylic acids is 1. The van der Waals surface area contributed by atoms with Gasteiger partial charge in [-0.2, -0.15) is 0 Å². The summed E-state index contributed by atoms with van der Waals surface area (Å²) in [6.07, 6.45) is 1.81. The fourth-order valence-electron chi connectivity index (χ4n) is 4.66. The standard InChI is InChI=1S/C32H29BrN2O5S/c1-4-38-25-16-23(24(33)18-26(25)40-19-21-12-8-6-9-13-21)17-27-30(36)35-29(22-14-10-7-11-15-22)28(31(37)39-5-2)20(3)34-32(35)41-27/h6-18,29H,4-5,19H2,1-3H3/b27-17-/t29-/m1/s1. The van der Waals surface area contributed by atoms with Crippen LogP contribution < -0.4 is 24.4 Å². The number of benzene rings is 3. The summed E-state index contributed by atoms with van der Waals surface area (Å²) in [5, 5.41) is 0. The number of rotatable bonds is 9. The molecule has 1 atom stereocenters. The highest BCUT2D eigenvalue weighted by Crippen LogP contribution is 2.35. The Balaban J connectivity index is 1.59. The number of nitrogens with zero attached hydrogens (tertiary/aromatic N) is 2. The van der Waals surface area contributed by atoms with Gasteiger partial charge in [-0.05, 0) is 55.7 Å². The van der Waals surface area contributed by atoms with Crippen LogP contribution in [-0.2, 0) is 16.1 Å². The summed E-state index contributed by atoms with van der Waals surface area (Å²) in [4.78, 5) is 32.1. The van der Waals surface area contributed by atoms with E-state index >= 15 is 0 Å². The maximum absolute atomic E-state index is 13.9. The summed E-state index contributed by atoms with van der Waals surface area (Å²) in [6.45, 7) is 6.52. The highest BCUT2D eigenvalue weighted by molar-refractivity contribution is 9.10. The second-order valence-electron chi connectivity index (χ2n) is 9.24. The van der Waals surface area contributed by atoms with Crippen molar-refractivity contribution in [2.45, 2.75) is 33.4 Å². The third-order valence-corrected chi connectivity index (χ3v) is 8.19. The molecule has 5 rings (SSSR count). The van der Waals surface area contributed by atoms with E-state index in [-0.39, 0.29) is 12.2 Å². The van der Waals surface area contributed by atoms with Crippen molar-refractivity contribution in [3.63, 3.8) is 0 Å². The zero-order valence-electron chi connectivity index (χ0n) is 22.9. The lowest BCUT2D eigenvalue weighted by Gasteiger charge is -2.24. The molecule has 0 unspecified atom stereocenters. The molecular formula is C32H29BrN2O5S. The Morgan fingerprint density at radius 1 is 1.00 bits per heavy atom. The van der Waals surface area contributed by atoms with Crippen molar-refractivity contribution in [1.82, 2.24) is 4.57 Å². The molecule has 1 aliphatic heterocycles. The highest BCUT2D eigenvalue weighted by atomic mass is 79.9. The minimum atomic E-state index is -0.648. The third kappa shape index (κ3) is 6.06. The molecule has 210 valence electrons. The first kappa shape index (κ1) is 28.6. The van der Waals surface area contributed by atoms with Crippen molar-refractivity contribution in [2.75, 3.05) is 13.2 Å². The van der Waals surface area contributed by atoms with Gasteiger partial charge in [0.25, 0.3) is 5.56 Å². The Labute approximate surface area is 250 Å². The smallest absolute Gasteiger partial charge is 0.338 e. The summed E-state index contributed by atoms with van der Waals surface area (Å²) in [6, 6.07) is 22.4. The molecule has 2 heterocycles. The van der Waals surface area contributed by atoms with E-state index in [0.29, 0.717) is 45.3 Å². The van der Waals surface area contributed by atoms with Crippen LogP contribution in [0.3, 0.4) is 0 Å². The second kappa shape index (κ2) is 12.7. The normalized spacial score (nSPS) is 14.8. The predicted octanol–water partition coefficient (Wildman–Crippen LogP) is 5.54. The van der Waals surface area contributed by atoms with E-state index < -0.39 is 12.0 Å². The lowest BCUT2D eigenvalue weighted by atomic mass is 9.96. The second-order valence-corrected chi connectivity index (χ2v) is 11.1. The van der Waals surface area contributed by atoms with Gasteiger partial charge >= 0.3 is 5.97 Å². The molecule has 0 fully saturated rings. The molecule has 41 heavy (non-hydrogen) atoms. The van der Waals surface area contributed by atoms with Crippen LogP contribution in [0.15, 0.2) is 98.3 Å². The molecule has 0 aliphatic carbocycles. The third-order valence-electron chi connectivity index (χ3n) is 6.52. The molecule has 3 aromatic carbocycles. The Morgan fingerprint density at radius 2 is 1.68 bits per heavy atom. The topological polar surface area (TPSA) is 79.1 Å². The van der Waals surface area contributed by atoms with E-state index in [1.807, 2.05) is 85.8 Å². The van der Waals surface area contributed by atoms with Crippen molar-refractivity contribution in [3.8, 4) is 11.5 Å². The molecule has 0 N–H and O–H groups in total. The van der Waals surface area contributed by atoms with Gasteiger partial charge in [0.1, 0.15) is 6.61 Å². The minimum Gasteiger partial charge on any atom is -0.490 e. The molecule has 1 aromatic heterocycles. The van der Waals surface area contributed by atoms with Gasteiger partial charge in [0, 0.05) is 4.47 Å². The van der Waals surface area contributed by atoms with Crippen LogP contribution in [0.4, 0.5) is 0 Å². The minimum absolute atomic E-state index is 0.225. The van der Waals surface area contributed by atoms with Crippen LogP contribution in [0, 0.1) is 0 Å². The van der Waals surface area contributed by atoms with Gasteiger partial charge < -0.3 is 14.2 Å². The maximum atomic E-state index is 13.9. The Bertz CT molecular complexity index is 1780. The van der Waals surface area contributed by atoms with E-state index in [9.17, 15) is 9.59 Å². The number of hydrogen-bond acceptors (Lipinski definition) is 7.